The Kier molecular flexibility index (Phi) is 4.42. The molecule has 1 fully saturated rings. The van der Waals surface area contributed by atoms with Crippen molar-refractivity contribution in [1.82, 2.24) is 0 Å². The third-order valence-corrected chi connectivity index (χ3v) is 3.97. The molecule has 3 nitrogen and oxygen atoms in total. The van der Waals surface area contributed by atoms with Gasteiger partial charge in [-0.05, 0) is 31.4 Å². The molecule has 94 valence electrons. The molecule has 2 rings (SSSR count). The number of aliphatic hydroxyl groups is 1. The monoisotopic (exact) mass is 299 g/mol. The van der Waals surface area contributed by atoms with Crippen LogP contribution >= 0.6 is 15.9 Å². The highest BCUT2D eigenvalue weighted by Crippen LogP contribution is 2.29. The molecule has 0 amide bonds. The summed E-state index contributed by atoms with van der Waals surface area (Å²) in [6.07, 6.45) is 2.78. The van der Waals surface area contributed by atoms with Gasteiger partial charge in [-0.15, -0.1) is 0 Å². The van der Waals surface area contributed by atoms with Crippen LogP contribution in [0.5, 0.6) is 0 Å². The number of hydrogen-bond acceptors (Lipinski definition) is 3. The van der Waals surface area contributed by atoms with Crippen molar-refractivity contribution >= 4 is 21.6 Å². The number of benzene rings is 1. The molecule has 0 bridgehead atoms. The maximum atomic E-state index is 9.83. The van der Waals surface area contributed by atoms with Crippen molar-refractivity contribution in [3.8, 4) is 0 Å². The van der Waals surface area contributed by atoms with Crippen molar-refractivity contribution in [3.05, 3.63) is 28.2 Å². The summed E-state index contributed by atoms with van der Waals surface area (Å²) in [7, 11) is 1.69. The fourth-order valence-corrected chi connectivity index (χ4v) is 2.77. The number of ether oxygens (including phenoxy) is 1. The van der Waals surface area contributed by atoms with E-state index in [9.17, 15) is 5.11 Å². The molecule has 0 unspecified atom stereocenters. The van der Waals surface area contributed by atoms with Crippen molar-refractivity contribution in [1.29, 1.82) is 0 Å². The second-order valence-corrected chi connectivity index (χ2v) is 5.30. The van der Waals surface area contributed by atoms with Crippen LogP contribution in [0.1, 0.15) is 24.8 Å². The minimum absolute atomic E-state index is 0.167. The topological polar surface area (TPSA) is 41.5 Å². The van der Waals surface area contributed by atoms with Crippen LogP contribution in [-0.4, -0.2) is 24.4 Å². The molecule has 2 N–H and O–H groups in total. The van der Waals surface area contributed by atoms with Crippen molar-refractivity contribution in [2.45, 2.75) is 38.0 Å². The maximum Gasteiger partial charge on any atom is 0.0744 e. The van der Waals surface area contributed by atoms with Crippen LogP contribution in [0, 0.1) is 0 Å². The number of nitrogens with one attached hydrogen (secondary N) is 1. The van der Waals surface area contributed by atoms with Crippen molar-refractivity contribution in [2.24, 2.45) is 0 Å². The predicted molar refractivity (Wildman–Crippen MR) is 72.1 cm³/mol. The lowest BCUT2D eigenvalue weighted by Gasteiger charge is -2.20. The fraction of sp³-hybridized carbons (Fsp3) is 0.538. The van der Waals surface area contributed by atoms with Crippen LogP contribution in [0.25, 0.3) is 0 Å². The SMILES string of the molecule is COCc1c(Br)cccc1N[C@@H]1CCC[C@H]1O. The average molecular weight is 300 g/mol. The molecule has 1 aromatic rings. The number of anilines is 1. The molecule has 0 spiro atoms. The molecular formula is C13H18BrNO2. The van der Waals surface area contributed by atoms with Crippen LogP contribution in [0.3, 0.4) is 0 Å². The van der Waals surface area contributed by atoms with Gasteiger partial charge < -0.3 is 15.2 Å². The van der Waals surface area contributed by atoms with E-state index in [2.05, 4.69) is 21.2 Å². The van der Waals surface area contributed by atoms with Crippen molar-refractivity contribution in [3.63, 3.8) is 0 Å². The average Bonchev–Trinajstić information content (AvgIpc) is 2.70. The zero-order valence-corrected chi connectivity index (χ0v) is 11.5. The third kappa shape index (κ3) is 3.00. The summed E-state index contributed by atoms with van der Waals surface area (Å²) in [5.41, 5.74) is 2.15. The zero-order valence-electron chi connectivity index (χ0n) is 9.95. The molecule has 0 aromatic heterocycles. The summed E-state index contributed by atoms with van der Waals surface area (Å²) in [5, 5.41) is 13.3. The van der Waals surface area contributed by atoms with E-state index in [4.69, 9.17) is 4.74 Å². The lowest BCUT2D eigenvalue weighted by molar-refractivity contribution is 0.171. The van der Waals surface area contributed by atoms with Crippen molar-refractivity contribution < 1.29 is 9.84 Å². The standard InChI is InChI=1S/C13H18BrNO2/c1-17-8-9-10(14)4-2-5-11(9)15-12-6-3-7-13(12)16/h2,4-5,12-13,15-16H,3,6-8H2,1H3/t12-,13-/m1/s1. The maximum absolute atomic E-state index is 9.83. The number of halogens is 1. The first-order chi connectivity index (χ1) is 8.22. The minimum atomic E-state index is -0.232. The zero-order chi connectivity index (χ0) is 12.3. The van der Waals surface area contributed by atoms with E-state index in [0.29, 0.717) is 6.61 Å². The molecular weight excluding hydrogens is 282 g/mol. The van der Waals surface area contributed by atoms with Gasteiger partial charge in [0.15, 0.2) is 0 Å². The highest BCUT2D eigenvalue weighted by Gasteiger charge is 2.25. The molecule has 1 aromatic carbocycles. The Balaban J connectivity index is 2.16. The molecule has 17 heavy (non-hydrogen) atoms. The number of aliphatic hydroxyl groups excluding tert-OH is 1. The Labute approximate surface area is 110 Å². The van der Waals surface area contributed by atoms with E-state index in [1.54, 1.807) is 7.11 Å². The first-order valence-corrected chi connectivity index (χ1v) is 6.72. The molecule has 0 aliphatic heterocycles. The molecule has 0 radical (unpaired) electrons. The van der Waals surface area contributed by atoms with Crippen LogP contribution in [0.15, 0.2) is 22.7 Å². The smallest absolute Gasteiger partial charge is 0.0744 e. The van der Waals surface area contributed by atoms with Gasteiger partial charge in [0.1, 0.15) is 0 Å². The quantitative estimate of drug-likeness (QED) is 0.898. The van der Waals surface area contributed by atoms with Gasteiger partial charge in [-0.1, -0.05) is 22.0 Å². The van der Waals surface area contributed by atoms with Crippen molar-refractivity contribution in [2.75, 3.05) is 12.4 Å². The highest BCUT2D eigenvalue weighted by atomic mass is 79.9. The van der Waals surface area contributed by atoms with Gasteiger partial charge in [-0.3, -0.25) is 0 Å². The number of hydrogen-bond donors (Lipinski definition) is 2. The fourth-order valence-electron chi connectivity index (χ4n) is 2.29. The second kappa shape index (κ2) is 5.85. The second-order valence-electron chi connectivity index (χ2n) is 4.45. The van der Waals surface area contributed by atoms with E-state index in [1.165, 1.54) is 0 Å². The van der Waals surface area contributed by atoms with E-state index in [1.807, 2.05) is 18.2 Å². The summed E-state index contributed by atoms with van der Waals surface area (Å²) < 4.78 is 6.25. The Hall–Kier alpha value is -0.580. The van der Waals surface area contributed by atoms with E-state index >= 15 is 0 Å². The largest absolute Gasteiger partial charge is 0.391 e. The lowest BCUT2D eigenvalue weighted by atomic mass is 10.1. The molecule has 1 aliphatic carbocycles. The summed E-state index contributed by atoms with van der Waals surface area (Å²) in [4.78, 5) is 0. The Morgan fingerprint density at radius 3 is 2.94 bits per heavy atom. The van der Waals surface area contributed by atoms with Gasteiger partial charge in [0.2, 0.25) is 0 Å². The first kappa shape index (κ1) is 12.9. The van der Waals surface area contributed by atoms with Crippen LogP contribution < -0.4 is 5.32 Å². The highest BCUT2D eigenvalue weighted by molar-refractivity contribution is 9.10. The normalized spacial score (nSPS) is 23.9. The summed E-state index contributed by atoms with van der Waals surface area (Å²) in [6, 6.07) is 6.20. The molecule has 0 saturated heterocycles. The Bertz CT molecular complexity index is 384. The molecule has 2 atom stereocenters. The summed E-state index contributed by atoms with van der Waals surface area (Å²) in [5.74, 6) is 0. The van der Waals surface area contributed by atoms with Gasteiger partial charge in [-0.25, -0.2) is 0 Å². The number of methoxy groups -OCH3 is 1. The molecule has 1 aliphatic rings. The minimum Gasteiger partial charge on any atom is -0.391 e. The first-order valence-electron chi connectivity index (χ1n) is 5.93. The van der Waals surface area contributed by atoms with Gasteiger partial charge in [0, 0.05) is 22.8 Å². The lowest BCUT2D eigenvalue weighted by Crippen LogP contribution is -2.28. The van der Waals surface area contributed by atoms with Crippen LogP contribution in [0.2, 0.25) is 0 Å². The van der Waals surface area contributed by atoms with Crippen LogP contribution in [0.4, 0.5) is 5.69 Å². The third-order valence-electron chi connectivity index (χ3n) is 3.23. The van der Waals surface area contributed by atoms with E-state index in [0.717, 1.165) is 35.0 Å². The Morgan fingerprint density at radius 1 is 1.47 bits per heavy atom. The van der Waals surface area contributed by atoms with Gasteiger partial charge in [0.25, 0.3) is 0 Å². The summed E-state index contributed by atoms with van der Waals surface area (Å²) >= 11 is 3.53. The predicted octanol–water partition coefficient (Wildman–Crippen LogP) is 2.92. The van der Waals surface area contributed by atoms with E-state index < -0.39 is 0 Å². The molecule has 0 heterocycles. The molecule has 1 saturated carbocycles. The number of rotatable bonds is 4. The van der Waals surface area contributed by atoms with Gasteiger partial charge in [-0.2, -0.15) is 0 Å². The summed E-state index contributed by atoms with van der Waals surface area (Å²) in [6.45, 7) is 0.562. The van der Waals surface area contributed by atoms with E-state index in [-0.39, 0.29) is 12.1 Å². The Morgan fingerprint density at radius 2 is 2.29 bits per heavy atom. The molecule has 4 heteroatoms. The van der Waals surface area contributed by atoms with Gasteiger partial charge >= 0.3 is 0 Å². The van der Waals surface area contributed by atoms with Gasteiger partial charge in [0.05, 0.1) is 18.8 Å². The van der Waals surface area contributed by atoms with Crippen LogP contribution in [-0.2, 0) is 11.3 Å².